The smallest absolute Gasteiger partial charge is 0.227 e. The fourth-order valence-corrected chi connectivity index (χ4v) is 8.86. The van der Waals surface area contributed by atoms with Crippen LogP contribution in [0.4, 0.5) is 17.1 Å². The average Bonchev–Trinajstić information content (AvgIpc) is 3.60. The number of hydrogen-bond donors (Lipinski definition) is 0. The van der Waals surface area contributed by atoms with Gasteiger partial charge < -0.3 is 13.7 Å². The van der Waals surface area contributed by atoms with E-state index >= 15 is 0 Å². The zero-order valence-corrected chi connectivity index (χ0v) is 23.1. The van der Waals surface area contributed by atoms with Crippen molar-refractivity contribution < 1.29 is 8.83 Å². The van der Waals surface area contributed by atoms with Crippen LogP contribution in [0, 0.1) is 0 Å². The van der Waals surface area contributed by atoms with Gasteiger partial charge in [0, 0.05) is 40.3 Å². The van der Waals surface area contributed by atoms with Crippen molar-refractivity contribution in [2.24, 2.45) is 0 Å². The van der Waals surface area contributed by atoms with Gasteiger partial charge in [-0.1, -0.05) is 67.7 Å². The standard InChI is InChI=1S/C34H25N3O2Si/c1-40(2)31-14-8-6-12-27(31)37(28-13-7-9-15-32(28)40)24-18-16-23(17-19-24)34-36-26-21-29-25(20-30(26)39-34)35-33(38-29)22-10-4-3-5-11-22/h3-21H,1-2H3. The first kappa shape index (κ1) is 23.0. The molecule has 5 nitrogen and oxygen atoms in total. The molecule has 1 aliphatic heterocycles. The third kappa shape index (κ3) is 3.46. The number of nitrogens with zero attached hydrogens (tertiary/aromatic N) is 3. The third-order valence-corrected chi connectivity index (χ3v) is 11.5. The SMILES string of the molecule is C[Si]1(C)c2ccccc2N(c2ccc(-c3nc4cc5oc(-c6ccccc6)nc5cc4o3)cc2)c2ccccc21. The van der Waals surface area contributed by atoms with Gasteiger partial charge in [0.25, 0.3) is 0 Å². The molecule has 8 rings (SSSR count). The average molecular weight is 536 g/mol. The summed E-state index contributed by atoms with van der Waals surface area (Å²) in [4.78, 5) is 11.8. The molecular formula is C34H25N3O2Si. The van der Waals surface area contributed by atoms with E-state index in [4.69, 9.17) is 13.8 Å². The molecule has 5 aromatic carbocycles. The lowest BCUT2D eigenvalue weighted by molar-refractivity contribution is 0.618. The topological polar surface area (TPSA) is 55.3 Å². The first-order valence-corrected chi connectivity index (χ1v) is 16.4. The van der Waals surface area contributed by atoms with Crippen molar-refractivity contribution in [1.82, 2.24) is 9.97 Å². The summed E-state index contributed by atoms with van der Waals surface area (Å²) in [6.45, 7) is 4.88. The number of hydrogen-bond acceptors (Lipinski definition) is 5. The second kappa shape index (κ2) is 8.53. The van der Waals surface area contributed by atoms with Crippen molar-refractivity contribution in [3.8, 4) is 22.9 Å². The minimum Gasteiger partial charge on any atom is -0.436 e. The van der Waals surface area contributed by atoms with Crippen molar-refractivity contribution in [2.75, 3.05) is 4.90 Å². The van der Waals surface area contributed by atoms with Crippen molar-refractivity contribution in [1.29, 1.82) is 0 Å². The third-order valence-electron chi connectivity index (χ3n) is 7.93. The van der Waals surface area contributed by atoms with Crippen molar-refractivity contribution in [3.63, 3.8) is 0 Å². The van der Waals surface area contributed by atoms with Crippen LogP contribution in [-0.4, -0.2) is 18.0 Å². The highest BCUT2D eigenvalue weighted by molar-refractivity contribution is 7.02. The molecule has 0 N–H and O–H groups in total. The predicted molar refractivity (Wildman–Crippen MR) is 164 cm³/mol. The summed E-state index contributed by atoms with van der Waals surface area (Å²) in [6, 6.07) is 39.8. The maximum atomic E-state index is 6.20. The van der Waals surface area contributed by atoms with Gasteiger partial charge in [0.15, 0.2) is 11.2 Å². The fraction of sp³-hybridized carbons (Fsp3) is 0.0588. The minimum atomic E-state index is -1.81. The minimum absolute atomic E-state index is 0.575. The molecule has 40 heavy (non-hydrogen) atoms. The molecule has 6 heteroatoms. The monoisotopic (exact) mass is 535 g/mol. The lowest BCUT2D eigenvalue weighted by atomic mass is 10.1. The van der Waals surface area contributed by atoms with E-state index in [9.17, 15) is 0 Å². The molecule has 3 heterocycles. The van der Waals surface area contributed by atoms with E-state index in [0.29, 0.717) is 22.9 Å². The van der Waals surface area contributed by atoms with Crippen LogP contribution in [0.5, 0.6) is 0 Å². The first-order valence-electron chi connectivity index (χ1n) is 13.4. The van der Waals surface area contributed by atoms with Gasteiger partial charge in [0.1, 0.15) is 19.1 Å². The first-order chi connectivity index (χ1) is 19.6. The lowest BCUT2D eigenvalue weighted by Gasteiger charge is -2.41. The Morgan fingerprint density at radius 1 is 0.550 bits per heavy atom. The van der Waals surface area contributed by atoms with E-state index in [1.807, 2.05) is 42.5 Å². The van der Waals surface area contributed by atoms with Gasteiger partial charge in [-0.15, -0.1) is 0 Å². The molecule has 0 saturated carbocycles. The Kier molecular flexibility index (Phi) is 4.90. The maximum absolute atomic E-state index is 6.20. The summed E-state index contributed by atoms with van der Waals surface area (Å²) in [5.74, 6) is 1.16. The van der Waals surface area contributed by atoms with Crippen LogP contribution in [0.25, 0.3) is 45.1 Å². The van der Waals surface area contributed by atoms with E-state index in [1.54, 1.807) is 0 Å². The second-order valence-electron chi connectivity index (χ2n) is 10.7. The molecule has 0 saturated heterocycles. The fourth-order valence-electron chi connectivity index (χ4n) is 5.88. The number of benzene rings is 5. The normalized spacial score (nSPS) is 13.9. The molecule has 0 bridgehead atoms. The molecule has 0 radical (unpaired) electrons. The molecule has 1 aliphatic rings. The van der Waals surface area contributed by atoms with Gasteiger partial charge in [0.2, 0.25) is 11.8 Å². The van der Waals surface area contributed by atoms with Crippen LogP contribution in [0.3, 0.4) is 0 Å². The molecule has 192 valence electrons. The Balaban J connectivity index is 1.17. The molecule has 0 fully saturated rings. The zero-order chi connectivity index (χ0) is 26.8. The number of anilines is 3. The van der Waals surface area contributed by atoms with Crippen LogP contribution in [0.1, 0.15) is 0 Å². The number of aromatic nitrogens is 2. The van der Waals surface area contributed by atoms with Gasteiger partial charge in [-0.3, -0.25) is 0 Å². The molecule has 7 aromatic rings. The van der Waals surface area contributed by atoms with Gasteiger partial charge in [-0.25, -0.2) is 9.97 Å². The van der Waals surface area contributed by atoms with Crippen molar-refractivity contribution >= 4 is 57.7 Å². The highest BCUT2D eigenvalue weighted by Crippen LogP contribution is 2.39. The van der Waals surface area contributed by atoms with Gasteiger partial charge in [-0.05, 0) is 58.9 Å². The van der Waals surface area contributed by atoms with Crippen molar-refractivity contribution in [3.05, 3.63) is 115 Å². The molecule has 2 aromatic heterocycles. The molecule has 0 atom stereocenters. The maximum Gasteiger partial charge on any atom is 0.227 e. The van der Waals surface area contributed by atoms with Gasteiger partial charge >= 0.3 is 0 Å². The molecule has 0 spiro atoms. The van der Waals surface area contributed by atoms with Crippen LogP contribution in [0.2, 0.25) is 13.1 Å². The van der Waals surface area contributed by atoms with Crippen molar-refractivity contribution in [2.45, 2.75) is 13.1 Å². The van der Waals surface area contributed by atoms with Gasteiger partial charge in [-0.2, -0.15) is 0 Å². The molecule has 0 unspecified atom stereocenters. The Hall–Kier alpha value is -4.94. The summed E-state index contributed by atoms with van der Waals surface area (Å²) in [5.41, 5.74) is 8.36. The Morgan fingerprint density at radius 3 is 1.57 bits per heavy atom. The predicted octanol–water partition coefficient (Wildman–Crippen LogP) is 7.91. The summed E-state index contributed by atoms with van der Waals surface area (Å²) in [7, 11) is -1.81. The molecule has 0 amide bonds. The van der Waals surface area contributed by atoms with Crippen LogP contribution in [-0.2, 0) is 0 Å². The number of oxazole rings is 2. The summed E-state index contributed by atoms with van der Waals surface area (Å²) >= 11 is 0. The van der Waals surface area contributed by atoms with Gasteiger partial charge in [0.05, 0.1) is 0 Å². The number of rotatable bonds is 3. The summed E-state index contributed by atoms with van der Waals surface area (Å²) < 4.78 is 12.2. The van der Waals surface area contributed by atoms with Crippen LogP contribution in [0.15, 0.2) is 124 Å². The number of para-hydroxylation sites is 2. The van der Waals surface area contributed by atoms with E-state index < -0.39 is 8.07 Å². The highest BCUT2D eigenvalue weighted by Gasteiger charge is 2.38. The summed E-state index contributed by atoms with van der Waals surface area (Å²) in [6.07, 6.45) is 0. The Morgan fingerprint density at radius 2 is 1.02 bits per heavy atom. The summed E-state index contributed by atoms with van der Waals surface area (Å²) in [5, 5.41) is 2.90. The quantitative estimate of drug-likeness (QED) is 0.215. The van der Waals surface area contributed by atoms with E-state index in [-0.39, 0.29) is 0 Å². The lowest BCUT2D eigenvalue weighted by Crippen LogP contribution is -2.58. The molecule has 0 aliphatic carbocycles. The van der Waals surface area contributed by atoms with E-state index in [2.05, 4.69) is 95.8 Å². The second-order valence-corrected chi connectivity index (χ2v) is 15.1. The van der Waals surface area contributed by atoms with Crippen LogP contribution < -0.4 is 15.3 Å². The van der Waals surface area contributed by atoms with E-state index in [0.717, 1.165) is 27.8 Å². The van der Waals surface area contributed by atoms with E-state index in [1.165, 1.54) is 21.7 Å². The Bertz CT molecular complexity index is 1940. The van der Waals surface area contributed by atoms with Crippen LogP contribution >= 0.6 is 0 Å². The zero-order valence-electron chi connectivity index (χ0n) is 22.1. The highest BCUT2D eigenvalue weighted by atomic mass is 28.3. The largest absolute Gasteiger partial charge is 0.436 e. The number of fused-ring (bicyclic) bond motifs is 4. The Labute approximate surface area is 232 Å². The molecular weight excluding hydrogens is 510 g/mol.